The van der Waals surface area contributed by atoms with Crippen LogP contribution in [0.2, 0.25) is 0 Å². The summed E-state index contributed by atoms with van der Waals surface area (Å²) in [5.41, 5.74) is 0.928. The highest BCUT2D eigenvalue weighted by molar-refractivity contribution is 14.0. The topological polar surface area (TPSA) is 71.7 Å². The van der Waals surface area contributed by atoms with Crippen molar-refractivity contribution in [2.24, 2.45) is 4.99 Å². The van der Waals surface area contributed by atoms with Gasteiger partial charge in [0.15, 0.2) is 5.96 Å². The highest BCUT2D eigenvalue weighted by atomic mass is 127. The van der Waals surface area contributed by atoms with Crippen molar-refractivity contribution >= 4 is 29.9 Å². The predicted octanol–water partition coefficient (Wildman–Crippen LogP) is 4.48. The Labute approximate surface area is 180 Å². The Hall–Kier alpha value is -2.62. The summed E-state index contributed by atoms with van der Waals surface area (Å²) in [6.07, 6.45) is 3.33. The fraction of sp³-hybridized carbons (Fsp3) is 0.200. The van der Waals surface area contributed by atoms with Crippen molar-refractivity contribution in [1.82, 2.24) is 15.6 Å². The van der Waals surface area contributed by atoms with E-state index in [4.69, 9.17) is 9.15 Å². The maximum absolute atomic E-state index is 13.2. The molecular formula is C20H22FIN4O2. The molecule has 28 heavy (non-hydrogen) atoms. The summed E-state index contributed by atoms with van der Waals surface area (Å²) in [7, 11) is 0. The molecule has 2 heterocycles. The number of aromatic nitrogens is 1. The van der Waals surface area contributed by atoms with Crippen molar-refractivity contribution in [3.8, 4) is 11.6 Å². The number of rotatable bonds is 7. The third-order valence-corrected chi connectivity index (χ3v) is 3.59. The second-order valence-corrected chi connectivity index (χ2v) is 5.69. The third kappa shape index (κ3) is 6.84. The zero-order chi connectivity index (χ0) is 18.9. The van der Waals surface area contributed by atoms with Gasteiger partial charge in [0, 0.05) is 24.9 Å². The van der Waals surface area contributed by atoms with Crippen LogP contribution in [0.1, 0.15) is 18.2 Å². The molecule has 2 N–H and O–H groups in total. The number of pyridine rings is 1. The zero-order valence-corrected chi connectivity index (χ0v) is 17.7. The number of benzene rings is 1. The van der Waals surface area contributed by atoms with E-state index in [0.29, 0.717) is 30.7 Å². The number of hydrogen-bond acceptors (Lipinski definition) is 4. The number of guanidine groups is 1. The van der Waals surface area contributed by atoms with Crippen LogP contribution in [-0.2, 0) is 13.1 Å². The average Bonchev–Trinajstić information content (AvgIpc) is 3.19. The highest BCUT2D eigenvalue weighted by Gasteiger charge is 2.03. The van der Waals surface area contributed by atoms with E-state index in [1.807, 2.05) is 25.1 Å². The van der Waals surface area contributed by atoms with Crippen molar-refractivity contribution in [2.75, 3.05) is 6.54 Å². The van der Waals surface area contributed by atoms with Crippen LogP contribution in [0.5, 0.6) is 11.6 Å². The van der Waals surface area contributed by atoms with Gasteiger partial charge in [-0.1, -0.05) is 12.1 Å². The van der Waals surface area contributed by atoms with Gasteiger partial charge < -0.3 is 19.8 Å². The molecule has 3 rings (SSSR count). The molecule has 0 radical (unpaired) electrons. The van der Waals surface area contributed by atoms with Gasteiger partial charge in [0.05, 0.1) is 19.4 Å². The van der Waals surface area contributed by atoms with Gasteiger partial charge in [0.1, 0.15) is 17.3 Å². The molecule has 0 saturated carbocycles. The first-order valence-electron chi connectivity index (χ1n) is 8.66. The molecule has 0 aliphatic heterocycles. The minimum atomic E-state index is -0.351. The SMILES string of the molecule is CCNC(=NCc1ccc(Oc2cccc(F)c2)nc1)NCc1ccco1.I. The Bertz CT molecular complexity index is 870. The van der Waals surface area contributed by atoms with Gasteiger partial charge in [-0.15, -0.1) is 24.0 Å². The van der Waals surface area contributed by atoms with Crippen LogP contribution in [0, 0.1) is 5.82 Å². The normalized spacial score (nSPS) is 10.9. The van der Waals surface area contributed by atoms with Crippen LogP contribution in [-0.4, -0.2) is 17.5 Å². The minimum Gasteiger partial charge on any atom is -0.467 e. The Morgan fingerprint density at radius 1 is 1.18 bits per heavy atom. The zero-order valence-electron chi connectivity index (χ0n) is 15.4. The molecule has 2 aromatic heterocycles. The molecule has 0 saturated heterocycles. The highest BCUT2D eigenvalue weighted by Crippen LogP contribution is 2.20. The minimum absolute atomic E-state index is 0. The molecule has 0 amide bonds. The van der Waals surface area contributed by atoms with Gasteiger partial charge in [-0.3, -0.25) is 0 Å². The number of furan rings is 1. The average molecular weight is 496 g/mol. The summed E-state index contributed by atoms with van der Waals surface area (Å²) in [6, 6.07) is 13.3. The molecule has 0 spiro atoms. The van der Waals surface area contributed by atoms with Gasteiger partial charge in [0.25, 0.3) is 0 Å². The van der Waals surface area contributed by atoms with Gasteiger partial charge >= 0.3 is 0 Å². The van der Waals surface area contributed by atoms with Crippen LogP contribution in [0.15, 0.2) is 70.4 Å². The Kier molecular flexibility index (Phi) is 8.73. The van der Waals surface area contributed by atoms with Crippen molar-refractivity contribution in [3.63, 3.8) is 0 Å². The summed E-state index contributed by atoms with van der Waals surface area (Å²) >= 11 is 0. The number of ether oxygens (including phenoxy) is 1. The van der Waals surface area contributed by atoms with E-state index in [0.717, 1.165) is 17.9 Å². The largest absolute Gasteiger partial charge is 0.467 e. The van der Waals surface area contributed by atoms with Crippen molar-refractivity contribution < 1.29 is 13.5 Å². The lowest BCUT2D eigenvalue weighted by Gasteiger charge is -2.10. The number of hydrogen-bond donors (Lipinski definition) is 2. The summed E-state index contributed by atoms with van der Waals surface area (Å²) in [5, 5.41) is 6.39. The smallest absolute Gasteiger partial charge is 0.219 e. The fourth-order valence-corrected chi connectivity index (χ4v) is 2.31. The van der Waals surface area contributed by atoms with Crippen LogP contribution in [0.25, 0.3) is 0 Å². The Morgan fingerprint density at radius 3 is 2.75 bits per heavy atom. The van der Waals surface area contributed by atoms with E-state index in [9.17, 15) is 4.39 Å². The van der Waals surface area contributed by atoms with E-state index in [1.165, 1.54) is 12.1 Å². The van der Waals surface area contributed by atoms with Gasteiger partial charge in [-0.25, -0.2) is 14.4 Å². The molecule has 0 atom stereocenters. The van der Waals surface area contributed by atoms with Crippen molar-refractivity contribution in [2.45, 2.75) is 20.0 Å². The lowest BCUT2D eigenvalue weighted by atomic mass is 10.3. The molecular weight excluding hydrogens is 474 g/mol. The molecule has 0 aliphatic carbocycles. The number of nitrogens with one attached hydrogen (secondary N) is 2. The quantitative estimate of drug-likeness (QED) is 0.287. The molecule has 1 aromatic carbocycles. The number of nitrogens with zero attached hydrogens (tertiary/aromatic N) is 2. The van der Waals surface area contributed by atoms with Gasteiger partial charge in [0.2, 0.25) is 5.88 Å². The lowest BCUT2D eigenvalue weighted by molar-refractivity contribution is 0.457. The monoisotopic (exact) mass is 496 g/mol. The second-order valence-electron chi connectivity index (χ2n) is 5.69. The molecule has 6 nitrogen and oxygen atoms in total. The van der Waals surface area contributed by atoms with Crippen molar-refractivity contribution in [1.29, 1.82) is 0 Å². The predicted molar refractivity (Wildman–Crippen MR) is 116 cm³/mol. The van der Waals surface area contributed by atoms with E-state index in [1.54, 1.807) is 30.7 Å². The maximum atomic E-state index is 13.2. The summed E-state index contributed by atoms with van der Waals surface area (Å²) in [4.78, 5) is 8.78. The second kappa shape index (κ2) is 11.3. The van der Waals surface area contributed by atoms with Crippen LogP contribution >= 0.6 is 24.0 Å². The first-order valence-corrected chi connectivity index (χ1v) is 8.66. The molecule has 0 unspecified atom stereocenters. The number of halogens is 2. The fourth-order valence-electron chi connectivity index (χ4n) is 2.31. The van der Waals surface area contributed by atoms with Crippen molar-refractivity contribution in [3.05, 3.63) is 78.1 Å². The molecule has 148 valence electrons. The maximum Gasteiger partial charge on any atom is 0.219 e. The van der Waals surface area contributed by atoms with Gasteiger partial charge in [-0.05, 0) is 36.8 Å². The first kappa shape index (κ1) is 21.7. The summed E-state index contributed by atoms with van der Waals surface area (Å²) in [6.45, 7) is 3.77. The molecule has 8 heteroatoms. The standard InChI is InChI=1S/C20H21FN4O2.HI/c1-2-22-20(25-14-18-7-4-10-26-18)24-13-15-8-9-19(23-12-15)27-17-6-3-5-16(21)11-17;/h3-12H,2,13-14H2,1H3,(H2,22,24,25);1H. The molecule has 3 aromatic rings. The Balaban J connectivity index is 0.00000280. The van der Waals surface area contributed by atoms with E-state index >= 15 is 0 Å². The third-order valence-electron chi connectivity index (χ3n) is 3.59. The molecule has 0 aliphatic rings. The van der Waals surface area contributed by atoms with Gasteiger partial charge in [-0.2, -0.15) is 0 Å². The van der Waals surface area contributed by atoms with Crippen LogP contribution < -0.4 is 15.4 Å². The molecule has 0 fully saturated rings. The number of aliphatic imine (C=N–C) groups is 1. The van der Waals surface area contributed by atoms with Crippen LogP contribution in [0.3, 0.4) is 0 Å². The summed E-state index contributed by atoms with van der Waals surface area (Å²) in [5.74, 6) is 1.98. The summed E-state index contributed by atoms with van der Waals surface area (Å²) < 4.78 is 24.0. The Morgan fingerprint density at radius 2 is 2.07 bits per heavy atom. The first-order chi connectivity index (χ1) is 13.2. The lowest BCUT2D eigenvalue weighted by Crippen LogP contribution is -2.36. The van der Waals surface area contributed by atoms with Crippen LogP contribution in [0.4, 0.5) is 4.39 Å². The molecule has 0 bridgehead atoms. The van der Waals surface area contributed by atoms with E-state index in [2.05, 4.69) is 20.6 Å². The van der Waals surface area contributed by atoms with E-state index < -0.39 is 0 Å². The van der Waals surface area contributed by atoms with E-state index in [-0.39, 0.29) is 29.8 Å².